The van der Waals surface area contributed by atoms with Crippen molar-refractivity contribution in [2.24, 2.45) is 7.05 Å². The minimum absolute atomic E-state index is 0.380. The molecule has 3 heterocycles. The molecule has 23 heavy (non-hydrogen) atoms. The molecule has 0 spiro atoms. The maximum Gasteiger partial charge on any atom is 0.232 e. The van der Waals surface area contributed by atoms with Gasteiger partial charge in [-0.15, -0.1) is 0 Å². The zero-order chi connectivity index (χ0) is 15.8. The molecule has 122 valence electrons. The zero-order valence-corrected chi connectivity index (χ0v) is 13.8. The highest BCUT2D eigenvalue weighted by Crippen LogP contribution is 2.32. The Bertz CT molecular complexity index is 694. The Balaban J connectivity index is 1.51. The SMILES string of the molecule is Cc1cncc(OC[C@H]2Cc3c(ncn3C)CN2C2CCC2)n1. The van der Waals surface area contributed by atoms with Crippen molar-refractivity contribution in [1.82, 2.24) is 24.4 Å². The number of aryl methyl sites for hydroxylation is 2. The standard InChI is InChI=1S/C17H23N5O/c1-12-7-18-8-17(20-12)23-10-14-6-16-15(19-11-21(16)2)9-22(14)13-4-3-5-13/h7-8,11,13-14H,3-6,9-10H2,1-2H3/t14-/m1/s1. The largest absolute Gasteiger partial charge is 0.475 e. The highest BCUT2D eigenvalue weighted by molar-refractivity contribution is 5.19. The van der Waals surface area contributed by atoms with Crippen LogP contribution in [0, 0.1) is 6.92 Å². The van der Waals surface area contributed by atoms with Crippen LogP contribution in [0.4, 0.5) is 0 Å². The summed E-state index contributed by atoms with van der Waals surface area (Å²) in [5.74, 6) is 0.620. The van der Waals surface area contributed by atoms with E-state index < -0.39 is 0 Å². The average Bonchev–Trinajstić information content (AvgIpc) is 2.84. The summed E-state index contributed by atoms with van der Waals surface area (Å²) in [5.41, 5.74) is 3.45. The van der Waals surface area contributed by atoms with E-state index in [9.17, 15) is 0 Å². The molecule has 1 aliphatic heterocycles. The van der Waals surface area contributed by atoms with Gasteiger partial charge in [0.15, 0.2) is 0 Å². The van der Waals surface area contributed by atoms with E-state index in [1.165, 1.54) is 30.7 Å². The first-order valence-corrected chi connectivity index (χ1v) is 8.37. The second-order valence-corrected chi connectivity index (χ2v) is 6.67. The van der Waals surface area contributed by atoms with Crippen molar-refractivity contribution < 1.29 is 4.74 Å². The molecule has 0 N–H and O–H groups in total. The van der Waals surface area contributed by atoms with Gasteiger partial charge in [0, 0.05) is 37.9 Å². The van der Waals surface area contributed by atoms with Crippen molar-refractivity contribution in [2.75, 3.05) is 6.61 Å². The van der Waals surface area contributed by atoms with Crippen molar-refractivity contribution in [3.63, 3.8) is 0 Å². The van der Waals surface area contributed by atoms with Crippen LogP contribution in [0.5, 0.6) is 5.88 Å². The Morgan fingerprint density at radius 3 is 2.91 bits per heavy atom. The second-order valence-electron chi connectivity index (χ2n) is 6.67. The summed E-state index contributed by atoms with van der Waals surface area (Å²) in [5, 5.41) is 0. The number of ether oxygens (including phenoxy) is 1. The van der Waals surface area contributed by atoms with Gasteiger partial charge in [-0.25, -0.2) is 9.97 Å². The lowest BCUT2D eigenvalue weighted by Crippen LogP contribution is -2.52. The van der Waals surface area contributed by atoms with Crippen LogP contribution < -0.4 is 4.74 Å². The van der Waals surface area contributed by atoms with E-state index >= 15 is 0 Å². The van der Waals surface area contributed by atoms with Crippen molar-refractivity contribution in [1.29, 1.82) is 0 Å². The van der Waals surface area contributed by atoms with Gasteiger partial charge in [-0.3, -0.25) is 9.88 Å². The minimum Gasteiger partial charge on any atom is -0.475 e. The number of hydrogen-bond acceptors (Lipinski definition) is 5. The normalized spacial score (nSPS) is 21.7. The molecule has 0 saturated heterocycles. The van der Waals surface area contributed by atoms with Gasteiger partial charge >= 0.3 is 0 Å². The average molecular weight is 313 g/mol. The first-order valence-electron chi connectivity index (χ1n) is 8.37. The summed E-state index contributed by atoms with van der Waals surface area (Å²) in [7, 11) is 2.08. The smallest absolute Gasteiger partial charge is 0.232 e. The predicted octanol–water partition coefficient (Wildman–Crippen LogP) is 1.88. The van der Waals surface area contributed by atoms with Crippen LogP contribution in [0.25, 0.3) is 0 Å². The number of imidazole rings is 1. The van der Waals surface area contributed by atoms with Gasteiger partial charge in [0.2, 0.25) is 5.88 Å². The summed E-state index contributed by atoms with van der Waals surface area (Å²) < 4.78 is 8.11. The van der Waals surface area contributed by atoms with Crippen molar-refractivity contribution in [2.45, 2.75) is 51.2 Å². The van der Waals surface area contributed by atoms with Crippen LogP contribution in [0.2, 0.25) is 0 Å². The molecule has 2 aliphatic rings. The number of aromatic nitrogens is 4. The fraction of sp³-hybridized carbons (Fsp3) is 0.588. The van der Waals surface area contributed by atoms with Crippen LogP contribution >= 0.6 is 0 Å². The van der Waals surface area contributed by atoms with E-state index in [0.29, 0.717) is 24.6 Å². The van der Waals surface area contributed by atoms with Crippen LogP contribution in [0.1, 0.15) is 36.3 Å². The van der Waals surface area contributed by atoms with Crippen molar-refractivity contribution in [3.8, 4) is 5.88 Å². The first kappa shape index (κ1) is 14.6. The summed E-state index contributed by atoms with van der Waals surface area (Å²) in [6, 6.07) is 1.06. The summed E-state index contributed by atoms with van der Waals surface area (Å²) in [4.78, 5) is 15.7. The molecule has 0 aromatic carbocycles. The Kier molecular flexibility index (Phi) is 3.77. The minimum atomic E-state index is 0.380. The molecule has 1 aliphatic carbocycles. The molecule has 4 rings (SSSR count). The molecule has 2 aromatic heterocycles. The van der Waals surface area contributed by atoms with Gasteiger partial charge in [-0.1, -0.05) is 6.42 Å². The molecule has 6 heteroatoms. The summed E-state index contributed by atoms with van der Waals surface area (Å²) in [6.45, 7) is 3.52. The van der Waals surface area contributed by atoms with Crippen LogP contribution in [-0.2, 0) is 20.0 Å². The van der Waals surface area contributed by atoms with Crippen molar-refractivity contribution in [3.05, 3.63) is 35.8 Å². The Morgan fingerprint density at radius 2 is 2.17 bits per heavy atom. The maximum absolute atomic E-state index is 5.96. The van der Waals surface area contributed by atoms with Gasteiger partial charge in [0.25, 0.3) is 0 Å². The van der Waals surface area contributed by atoms with Gasteiger partial charge < -0.3 is 9.30 Å². The van der Waals surface area contributed by atoms with E-state index in [-0.39, 0.29) is 0 Å². The summed E-state index contributed by atoms with van der Waals surface area (Å²) in [6.07, 6.45) is 10.3. The third-order valence-electron chi connectivity index (χ3n) is 5.08. The molecule has 6 nitrogen and oxygen atoms in total. The predicted molar refractivity (Wildman–Crippen MR) is 86.1 cm³/mol. The number of fused-ring (bicyclic) bond motifs is 1. The monoisotopic (exact) mass is 313 g/mol. The maximum atomic E-state index is 5.96. The molecular weight excluding hydrogens is 290 g/mol. The highest BCUT2D eigenvalue weighted by atomic mass is 16.5. The Hall–Kier alpha value is -1.95. The van der Waals surface area contributed by atoms with Crippen LogP contribution in [0.15, 0.2) is 18.7 Å². The molecule has 0 radical (unpaired) electrons. The third-order valence-corrected chi connectivity index (χ3v) is 5.08. The lowest BCUT2D eigenvalue weighted by atomic mass is 9.88. The molecule has 1 atom stereocenters. The van der Waals surface area contributed by atoms with Crippen LogP contribution in [0.3, 0.4) is 0 Å². The quantitative estimate of drug-likeness (QED) is 0.862. The van der Waals surface area contributed by atoms with Gasteiger partial charge in [-0.05, 0) is 19.8 Å². The first-order chi connectivity index (χ1) is 11.2. The van der Waals surface area contributed by atoms with E-state index in [4.69, 9.17) is 4.74 Å². The number of hydrogen-bond donors (Lipinski definition) is 0. The molecular formula is C17H23N5O. The third kappa shape index (κ3) is 2.83. The van der Waals surface area contributed by atoms with Gasteiger partial charge in [0.05, 0.1) is 30.0 Å². The fourth-order valence-electron chi connectivity index (χ4n) is 3.53. The molecule has 1 fully saturated rings. The van der Waals surface area contributed by atoms with Crippen LogP contribution in [-0.4, -0.2) is 43.1 Å². The lowest BCUT2D eigenvalue weighted by molar-refractivity contribution is 0.0343. The number of nitrogens with zero attached hydrogens (tertiary/aromatic N) is 5. The Morgan fingerprint density at radius 1 is 1.30 bits per heavy atom. The zero-order valence-electron chi connectivity index (χ0n) is 13.8. The molecule has 2 aromatic rings. The lowest BCUT2D eigenvalue weighted by Gasteiger charge is -2.44. The Labute approximate surface area is 136 Å². The molecule has 0 bridgehead atoms. The molecule has 0 amide bonds. The second kappa shape index (κ2) is 5.92. The van der Waals surface area contributed by atoms with Gasteiger partial charge in [-0.2, -0.15) is 0 Å². The topological polar surface area (TPSA) is 56.1 Å². The van der Waals surface area contributed by atoms with E-state index in [2.05, 4.69) is 31.5 Å². The summed E-state index contributed by atoms with van der Waals surface area (Å²) >= 11 is 0. The van der Waals surface area contributed by atoms with E-state index in [1.807, 2.05) is 13.3 Å². The number of rotatable bonds is 4. The molecule has 0 unspecified atom stereocenters. The van der Waals surface area contributed by atoms with E-state index in [1.54, 1.807) is 12.4 Å². The van der Waals surface area contributed by atoms with E-state index in [0.717, 1.165) is 18.7 Å². The van der Waals surface area contributed by atoms with Gasteiger partial charge in [0.1, 0.15) is 6.61 Å². The molecule has 1 saturated carbocycles. The van der Waals surface area contributed by atoms with Crippen molar-refractivity contribution >= 4 is 0 Å². The fourth-order valence-corrected chi connectivity index (χ4v) is 3.53. The highest BCUT2D eigenvalue weighted by Gasteiger charge is 2.36.